The molecule has 3 rings (SSSR count). The molecule has 8 heteroatoms. The highest BCUT2D eigenvalue weighted by Crippen LogP contribution is 2.32. The predicted octanol–water partition coefficient (Wildman–Crippen LogP) is 3.71. The maximum absolute atomic E-state index is 12.0. The predicted molar refractivity (Wildman–Crippen MR) is 97.0 cm³/mol. The molecule has 1 unspecified atom stereocenters. The molecule has 0 bridgehead atoms. The number of hydrogen-bond acceptors (Lipinski definition) is 5. The third-order valence-electron chi connectivity index (χ3n) is 3.57. The molecule has 0 saturated carbocycles. The van der Waals surface area contributed by atoms with Crippen LogP contribution in [-0.2, 0) is 14.3 Å². The van der Waals surface area contributed by atoms with Crippen LogP contribution in [0.4, 0.5) is 5.69 Å². The van der Waals surface area contributed by atoms with E-state index in [9.17, 15) is 9.59 Å². The van der Waals surface area contributed by atoms with Gasteiger partial charge in [0, 0.05) is 0 Å². The molecule has 0 radical (unpaired) electrons. The number of fused-ring (bicyclic) bond motifs is 1. The van der Waals surface area contributed by atoms with Crippen LogP contribution in [-0.4, -0.2) is 31.2 Å². The molecule has 2 aromatic carbocycles. The number of rotatable bonds is 6. The summed E-state index contributed by atoms with van der Waals surface area (Å²) in [5, 5.41) is 3.43. The van der Waals surface area contributed by atoms with Gasteiger partial charge in [-0.15, -0.1) is 0 Å². The van der Waals surface area contributed by atoms with Gasteiger partial charge in [0.05, 0.1) is 22.2 Å². The lowest BCUT2D eigenvalue weighted by Crippen LogP contribution is -2.39. The Balaban J connectivity index is 1.45. The molecule has 0 spiro atoms. The lowest BCUT2D eigenvalue weighted by molar-refractivity contribution is -0.148. The Morgan fingerprint density at radius 3 is 2.58 bits per heavy atom. The lowest BCUT2D eigenvalue weighted by Gasteiger charge is -2.25. The second kappa shape index (κ2) is 8.29. The summed E-state index contributed by atoms with van der Waals surface area (Å²) in [6.45, 7) is 0.0705. The first-order valence-corrected chi connectivity index (χ1v) is 8.59. The summed E-state index contributed by atoms with van der Waals surface area (Å²) in [4.78, 5) is 23.9. The van der Waals surface area contributed by atoms with Crippen molar-refractivity contribution in [2.75, 3.05) is 18.5 Å². The van der Waals surface area contributed by atoms with Crippen LogP contribution in [0.3, 0.4) is 0 Å². The zero-order valence-electron chi connectivity index (χ0n) is 13.5. The van der Waals surface area contributed by atoms with Crippen LogP contribution in [0.5, 0.6) is 11.5 Å². The number of carbonyl (C=O) groups excluding carboxylic acids is 2. The molecule has 0 aromatic heterocycles. The Morgan fingerprint density at radius 1 is 1.08 bits per heavy atom. The van der Waals surface area contributed by atoms with Crippen molar-refractivity contribution in [1.29, 1.82) is 0 Å². The van der Waals surface area contributed by atoms with E-state index in [4.69, 9.17) is 37.4 Å². The van der Waals surface area contributed by atoms with Crippen molar-refractivity contribution in [2.45, 2.75) is 12.5 Å². The van der Waals surface area contributed by atoms with E-state index >= 15 is 0 Å². The second-order valence-corrected chi connectivity index (χ2v) is 6.23. The first-order chi connectivity index (χ1) is 12.5. The summed E-state index contributed by atoms with van der Waals surface area (Å²) in [6, 6.07) is 12.0. The fraction of sp³-hybridized carbons (Fsp3) is 0.222. The average Bonchev–Trinajstić information content (AvgIpc) is 2.61. The van der Waals surface area contributed by atoms with Gasteiger partial charge in [-0.3, -0.25) is 9.59 Å². The molecule has 136 valence electrons. The highest BCUT2D eigenvalue weighted by Gasteiger charge is 2.30. The zero-order chi connectivity index (χ0) is 18.5. The van der Waals surface area contributed by atoms with Gasteiger partial charge in [-0.05, 0) is 24.3 Å². The Bertz CT molecular complexity index is 807. The van der Waals surface area contributed by atoms with Crippen molar-refractivity contribution < 1.29 is 23.8 Å². The van der Waals surface area contributed by atoms with Crippen molar-refractivity contribution in [3.8, 4) is 11.5 Å². The van der Waals surface area contributed by atoms with Gasteiger partial charge in [-0.25, -0.2) is 0 Å². The molecular formula is C18H15Cl2NO5. The van der Waals surface area contributed by atoms with Gasteiger partial charge in [0.15, 0.2) is 11.9 Å². The maximum Gasteiger partial charge on any atom is 0.310 e. The van der Waals surface area contributed by atoms with Crippen LogP contribution in [0, 0.1) is 0 Å². The number of anilines is 1. The normalized spacial score (nSPS) is 15.5. The molecule has 2 aromatic rings. The minimum atomic E-state index is -0.934. The van der Waals surface area contributed by atoms with E-state index in [0.29, 0.717) is 27.2 Å². The topological polar surface area (TPSA) is 73.9 Å². The minimum Gasteiger partial charge on any atom is -0.487 e. The quantitative estimate of drug-likeness (QED) is 0.596. The molecule has 1 aliphatic heterocycles. The molecule has 0 fully saturated rings. The van der Waals surface area contributed by atoms with Crippen molar-refractivity contribution >= 4 is 40.8 Å². The van der Waals surface area contributed by atoms with E-state index in [0.717, 1.165) is 0 Å². The highest BCUT2D eigenvalue weighted by atomic mass is 35.5. The Hall–Kier alpha value is -2.44. The Labute approximate surface area is 159 Å². The molecular weight excluding hydrogens is 381 g/mol. The molecule has 1 atom stereocenters. The monoisotopic (exact) mass is 395 g/mol. The molecule has 0 saturated heterocycles. The van der Waals surface area contributed by atoms with Gasteiger partial charge in [-0.1, -0.05) is 41.4 Å². The molecule has 1 aliphatic rings. The third kappa shape index (κ3) is 4.39. The van der Waals surface area contributed by atoms with Crippen LogP contribution in [0.15, 0.2) is 42.5 Å². The maximum atomic E-state index is 12.0. The van der Waals surface area contributed by atoms with Crippen molar-refractivity contribution in [3.63, 3.8) is 0 Å². The summed E-state index contributed by atoms with van der Waals surface area (Å²) in [5.41, 5.74) is 0.576. The largest absolute Gasteiger partial charge is 0.487 e. The van der Waals surface area contributed by atoms with Crippen LogP contribution in [0.25, 0.3) is 0 Å². The van der Waals surface area contributed by atoms with Gasteiger partial charge in [-0.2, -0.15) is 0 Å². The lowest BCUT2D eigenvalue weighted by atomic mass is 10.1. The first kappa shape index (κ1) is 18.4. The van der Waals surface area contributed by atoms with E-state index in [-0.39, 0.29) is 25.5 Å². The van der Waals surface area contributed by atoms with Gasteiger partial charge in [0.2, 0.25) is 0 Å². The molecule has 6 nitrogen and oxygen atoms in total. The van der Waals surface area contributed by atoms with Crippen LogP contribution in [0.2, 0.25) is 10.0 Å². The molecule has 1 amide bonds. The average molecular weight is 396 g/mol. The van der Waals surface area contributed by atoms with Crippen molar-refractivity contribution in [1.82, 2.24) is 0 Å². The number of hydrogen-bond donors (Lipinski definition) is 1. The van der Waals surface area contributed by atoms with E-state index < -0.39 is 12.1 Å². The van der Waals surface area contributed by atoms with Crippen LogP contribution in [0.1, 0.15) is 6.42 Å². The van der Waals surface area contributed by atoms with E-state index in [1.165, 1.54) is 0 Å². The SMILES string of the molecule is O=C(CC1Oc2ccccc2NC1=O)OCCOc1c(Cl)cccc1Cl. The van der Waals surface area contributed by atoms with E-state index in [2.05, 4.69) is 5.32 Å². The minimum absolute atomic E-state index is 0.00862. The fourth-order valence-corrected chi connectivity index (χ4v) is 2.86. The third-order valence-corrected chi connectivity index (χ3v) is 4.17. The van der Waals surface area contributed by atoms with Crippen molar-refractivity contribution in [3.05, 3.63) is 52.5 Å². The van der Waals surface area contributed by atoms with Crippen LogP contribution >= 0.6 is 23.2 Å². The van der Waals surface area contributed by atoms with Gasteiger partial charge in [0.1, 0.15) is 19.0 Å². The fourth-order valence-electron chi connectivity index (χ4n) is 2.36. The summed E-state index contributed by atoms with van der Waals surface area (Å²) in [7, 11) is 0. The number of halogens is 2. The number of benzene rings is 2. The van der Waals surface area contributed by atoms with Crippen LogP contribution < -0.4 is 14.8 Å². The molecule has 26 heavy (non-hydrogen) atoms. The Kier molecular flexibility index (Phi) is 5.85. The zero-order valence-corrected chi connectivity index (χ0v) is 15.0. The van der Waals surface area contributed by atoms with Gasteiger partial charge < -0.3 is 19.5 Å². The summed E-state index contributed by atoms with van der Waals surface area (Å²) < 4.78 is 16.0. The number of ether oxygens (including phenoxy) is 3. The summed E-state index contributed by atoms with van der Waals surface area (Å²) >= 11 is 12.0. The standard InChI is InChI=1S/C18H15Cl2NO5/c19-11-4-3-5-12(20)17(11)25-9-8-24-16(22)10-15-18(23)21-13-6-1-2-7-14(13)26-15/h1-7,15H,8-10H2,(H,21,23). The molecule has 1 heterocycles. The first-order valence-electron chi connectivity index (χ1n) is 7.83. The van der Waals surface area contributed by atoms with E-state index in [1.807, 2.05) is 0 Å². The number of amides is 1. The van der Waals surface area contributed by atoms with Gasteiger partial charge >= 0.3 is 5.97 Å². The number of carbonyl (C=O) groups is 2. The summed E-state index contributed by atoms with van der Waals surface area (Å²) in [5.74, 6) is -0.113. The second-order valence-electron chi connectivity index (χ2n) is 5.42. The summed E-state index contributed by atoms with van der Waals surface area (Å²) in [6.07, 6.45) is -1.14. The van der Waals surface area contributed by atoms with E-state index in [1.54, 1.807) is 42.5 Å². The van der Waals surface area contributed by atoms with Gasteiger partial charge in [0.25, 0.3) is 5.91 Å². The number of esters is 1. The number of nitrogens with one attached hydrogen (secondary N) is 1. The smallest absolute Gasteiger partial charge is 0.310 e. The molecule has 1 N–H and O–H groups in total. The van der Waals surface area contributed by atoms with Crippen molar-refractivity contribution in [2.24, 2.45) is 0 Å². The molecule has 0 aliphatic carbocycles. The Morgan fingerprint density at radius 2 is 1.81 bits per heavy atom. The number of para-hydroxylation sites is 3. The highest BCUT2D eigenvalue weighted by molar-refractivity contribution is 6.37.